The number of carbonyl (C=O) groups is 2. The average Bonchev–Trinajstić information content (AvgIpc) is 2.72. The van der Waals surface area contributed by atoms with Gasteiger partial charge in [-0.25, -0.2) is 0 Å². The van der Waals surface area contributed by atoms with Gasteiger partial charge in [-0.1, -0.05) is 42.5 Å². The lowest BCUT2D eigenvalue weighted by molar-refractivity contribution is -0.119. The summed E-state index contributed by atoms with van der Waals surface area (Å²) < 4.78 is 5.79. The number of methoxy groups -OCH3 is 1. The summed E-state index contributed by atoms with van der Waals surface area (Å²) >= 11 is 8.42. The van der Waals surface area contributed by atoms with Gasteiger partial charge < -0.3 is 10.1 Å². The standard InChI is InChI=1S/C21H18BrN3O3S/c1-28-18-10-9-15(11-17(18)22)20(27)24-25-21(29)23-19(26)12-14-7-4-6-13-5-2-3-8-16(13)14/h2-11H,12H2,1H3,(H,24,27)(H2,23,25,26,29). The van der Waals surface area contributed by atoms with Crippen LogP contribution in [0.25, 0.3) is 10.8 Å². The zero-order chi connectivity index (χ0) is 20.8. The van der Waals surface area contributed by atoms with Crippen molar-refractivity contribution in [1.82, 2.24) is 16.2 Å². The summed E-state index contributed by atoms with van der Waals surface area (Å²) in [5.74, 6) is -0.0648. The fourth-order valence-corrected chi connectivity index (χ4v) is 3.52. The molecule has 0 bridgehead atoms. The van der Waals surface area contributed by atoms with Crippen LogP contribution in [0.1, 0.15) is 15.9 Å². The van der Waals surface area contributed by atoms with Gasteiger partial charge in [0.25, 0.3) is 5.91 Å². The molecule has 148 valence electrons. The van der Waals surface area contributed by atoms with Crippen molar-refractivity contribution in [1.29, 1.82) is 0 Å². The SMILES string of the molecule is COc1ccc(C(=O)NNC(=S)NC(=O)Cc2cccc3ccccc23)cc1Br. The maximum Gasteiger partial charge on any atom is 0.269 e. The lowest BCUT2D eigenvalue weighted by atomic mass is 10.0. The fraction of sp³-hybridized carbons (Fsp3) is 0.0952. The third-order valence-electron chi connectivity index (χ3n) is 4.19. The number of rotatable bonds is 4. The smallest absolute Gasteiger partial charge is 0.269 e. The molecule has 0 unspecified atom stereocenters. The van der Waals surface area contributed by atoms with Gasteiger partial charge in [0.2, 0.25) is 5.91 Å². The van der Waals surface area contributed by atoms with Crippen molar-refractivity contribution >= 4 is 55.8 Å². The van der Waals surface area contributed by atoms with Gasteiger partial charge in [0.15, 0.2) is 5.11 Å². The Morgan fingerprint density at radius 1 is 1.03 bits per heavy atom. The van der Waals surface area contributed by atoms with Crippen LogP contribution < -0.4 is 20.9 Å². The molecule has 0 atom stereocenters. The highest BCUT2D eigenvalue weighted by Crippen LogP contribution is 2.25. The molecule has 0 spiro atoms. The summed E-state index contributed by atoms with van der Waals surface area (Å²) in [7, 11) is 1.54. The maximum atomic E-state index is 12.3. The van der Waals surface area contributed by atoms with Crippen LogP contribution in [0, 0.1) is 0 Å². The molecule has 3 rings (SSSR count). The molecule has 0 aliphatic heterocycles. The first-order valence-electron chi connectivity index (χ1n) is 8.68. The first-order valence-corrected chi connectivity index (χ1v) is 9.88. The first-order chi connectivity index (χ1) is 14.0. The van der Waals surface area contributed by atoms with Gasteiger partial charge in [-0.05, 0) is 62.7 Å². The van der Waals surface area contributed by atoms with E-state index >= 15 is 0 Å². The van der Waals surface area contributed by atoms with Crippen LogP contribution in [0.3, 0.4) is 0 Å². The highest BCUT2D eigenvalue weighted by Gasteiger charge is 2.11. The lowest BCUT2D eigenvalue weighted by Gasteiger charge is -2.12. The highest BCUT2D eigenvalue weighted by atomic mass is 79.9. The topological polar surface area (TPSA) is 79.5 Å². The second-order valence-electron chi connectivity index (χ2n) is 6.12. The van der Waals surface area contributed by atoms with Crippen LogP contribution in [0.15, 0.2) is 65.1 Å². The lowest BCUT2D eigenvalue weighted by Crippen LogP contribution is -2.48. The van der Waals surface area contributed by atoms with E-state index < -0.39 is 5.91 Å². The van der Waals surface area contributed by atoms with Gasteiger partial charge in [-0.15, -0.1) is 0 Å². The first kappa shape index (κ1) is 20.8. The molecule has 3 aromatic carbocycles. The zero-order valence-corrected chi connectivity index (χ0v) is 17.9. The Kier molecular flexibility index (Phi) is 6.79. The van der Waals surface area contributed by atoms with E-state index in [9.17, 15) is 9.59 Å². The van der Waals surface area contributed by atoms with Crippen molar-refractivity contribution in [3.63, 3.8) is 0 Å². The molecule has 3 aromatic rings. The Morgan fingerprint density at radius 3 is 2.55 bits per heavy atom. The third-order valence-corrected chi connectivity index (χ3v) is 5.01. The van der Waals surface area contributed by atoms with E-state index in [4.69, 9.17) is 17.0 Å². The van der Waals surface area contributed by atoms with Crippen LogP contribution >= 0.6 is 28.1 Å². The number of ether oxygens (including phenoxy) is 1. The third kappa shape index (κ3) is 5.30. The van der Waals surface area contributed by atoms with Gasteiger partial charge in [0.1, 0.15) is 5.75 Å². The Hall–Kier alpha value is -2.97. The number of benzene rings is 3. The minimum absolute atomic E-state index is 0.0103. The maximum absolute atomic E-state index is 12.3. The van der Waals surface area contributed by atoms with E-state index in [1.165, 1.54) is 0 Å². The second-order valence-corrected chi connectivity index (χ2v) is 7.38. The molecule has 0 saturated heterocycles. The van der Waals surface area contributed by atoms with E-state index in [0.717, 1.165) is 16.3 Å². The minimum atomic E-state index is -0.404. The molecule has 8 heteroatoms. The predicted molar refractivity (Wildman–Crippen MR) is 120 cm³/mol. The molecule has 29 heavy (non-hydrogen) atoms. The molecule has 2 amide bonds. The van der Waals surface area contributed by atoms with Crippen LogP contribution in [0.5, 0.6) is 5.75 Å². The van der Waals surface area contributed by atoms with E-state index in [1.54, 1.807) is 25.3 Å². The van der Waals surface area contributed by atoms with Crippen LogP contribution in [-0.2, 0) is 11.2 Å². The fourth-order valence-electron chi connectivity index (χ4n) is 2.82. The quantitative estimate of drug-likeness (QED) is 0.400. The Balaban J connectivity index is 1.54. The Morgan fingerprint density at radius 2 is 1.79 bits per heavy atom. The highest BCUT2D eigenvalue weighted by molar-refractivity contribution is 9.10. The number of carbonyl (C=O) groups excluding carboxylic acids is 2. The summed E-state index contributed by atoms with van der Waals surface area (Å²) in [6.07, 6.45) is 0.169. The van der Waals surface area contributed by atoms with Gasteiger partial charge in [0.05, 0.1) is 18.0 Å². The number of hydrogen-bond donors (Lipinski definition) is 3. The second kappa shape index (κ2) is 9.49. The average molecular weight is 472 g/mol. The Labute approximate surface area is 181 Å². The Bertz CT molecular complexity index is 1080. The van der Waals surface area contributed by atoms with Crippen LogP contribution in [-0.4, -0.2) is 24.0 Å². The van der Waals surface area contributed by atoms with E-state index in [-0.39, 0.29) is 17.4 Å². The largest absolute Gasteiger partial charge is 0.496 e. The number of amides is 2. The van der Waals surface area contributed by atoms with Crippen molar-refractivity contribution in [2.24, 2.45) is 0 Å². The zero-order valence-electron chi connectivity index (χ0n) is 15.5. The van der Waals surface area contributed by atoms with Crippen molar-refractivity contribution in [2.45, 2.75) is 6.42 Å². The van der Waals surface area contributed by atoms with E-state index in [1.807, 2.05) is 42.5 Å². The molecule has 0 heterocycles. The molecule has 0 aliphatic carbocycles. The molecular formula is C21H18BrN3O3S. The molecule has 0 fully saturated rings. The van der Waals surface area contributed by atoms with E-state index in [0.29, 0.717) is 15.8 Å². The van der Waals surface area contributed by atoms with Crippen LogP contribution in [0.2, 0.25) is 0 Å². The number of fused-ring (bicyclic) bond motifs is 1. The van der Waals surface area contributed by atoms with Crippen molar-refractivity contribution in [2.75, 3.05) is 7.11 Å². The van der Waals surface area contributed by atoms with Gasteiger partial charge >= 0.3 is 0 Å². The number of nitrogens with one attached hydrogen (secondary N) is 3. The van der Waals surface area contributed by atoms with E-state index in [2.05, 4.69) is 32.1 Å². The van der Waals surface area contributed by atoms with Crippen LogP contribution in [0.4, 0.5) is 0 Å². The van der Waals surface area contributed by atoms with Crippen molar-refractivity contribution < 1.29 is 14.3 Å². The summed E-state index contributed by atoms with van der Waals surface area (Å²) in [6.45, 7) is 0. The molecule has 0 radical (unpaired) electrons. The molecule has 3 N–H and O–H groups in total. The monoisotopic (exact) mass is 471 g/mol. The summed E-state index contributed by atoms with van der Waals surface area (Å²) in [5, 5.41) is 4.66. The summed E-state index contributed by atoms with van der Waals surface area (Å²) in [6, 6.07) is 18.6. The molecule has 0 aliphatic rings. The van der Waals surface area contributed by atoms with Gasteiger partial charge in [-0.3, -0.25) is 20.4 Å². The predicted octanol–water partition coefficient (Wildman–Crippen LogP) is 3.49. The number of hydrogen-bond acceptors (Lipinski definition) is 4. The van der Waals surface area contributed by atoms with Gasteiger partial charge in [-0.2, -0.15) is 0 Å². The number of hydrazine groups is 1. The number of thiocarbonyl (C=S) groups is 1. The van der Waals surface area contributed by atoms with Gasteiger partial charge in [0, 0.05) is 5.56 Å². The normalized spacial score (nSPS) is 10.3. The number of halogens is 1. The molecule has 6 nitrogen and oxygen atoms in total. The minimum Gasteiger partial charge on any atom is -0.496 e. The van der Waals surface area contributed by atoms with Crippen molar-refractivity contribution in [3.8, 4) is 5.75 Å². The molecule has 0 saturated carbocycles. The van der Waals surface area contributed by atoms with Crippen molar-refractivity contribution in [3.05, 3.63) is 76.3 Å². The molecular weight excluding hydrogens is 454 g/mol. The molecule has 0 aromatic heterocycles. The summed E-state index contributed by atoms with van der Waals surface area (Å²) in [5.41, 5.74) is 6.29. The summed E-state index contributed by atoms with van der Waals surface area (Å²) in [4.78, 5) is 24.5.